The fraction of sp³-hybridized carbons (Fsp3) is 0.318. The molecule has 0 saturated heterocycles. The molecule has 0 atom stereocenters. The van der Waals surface area contributed by atoms with Crippen molar-refractivity contribution in [1.29, 1.82) is 0 Å². The third kappa shape index (κ3) is 4.34. The minimum absolute atomic E-state index is 0.224. The predicted octanol–water partition coefficient (Wildman–Crippen LogP) is 4.93. The predicted molar refractivity (Wildman–Crippen MR) is 115 cm³/mol. The molecule has 0 fully saturated rings. The van der Waals surface area contributed by atoms with E-state index < -0.39 is 0 Å². The summed E-state index contributed by atoms with van der Waals surface area (Å²) in [6.07, 6.45) is 6.14. The van der Waals surface area contributed by atoms with E-state index in [0.717, 1.165) is 43.8 Å². The molecule has 3 aromatic rings. The molecule has 7 heteroatoms. The van der Waals surface area contributed by atoms with Gasteiger partial charge in [0.1, 0.15) is 11.6 Å². The highest BCUT2D eigenvalue weighted by molar-refractivity contribution is 7.97. The van der Waals surface area contributed by atoms with Crippen LogP contribution in [0, 0.1) is 5.82 Å². The Hall–Kier alpha value is -2.67. The number of nitrogens with zero attached hydrogens (tertiary/aromatic N) is 3. The molecular weight excluding hydrogens is 387 g/mol. The highest BCUT2D eigenvalue weighted by Gasteiger charge is 2.19. The molecule has 1 amide bonds. The number of rotatable bonds is 5. The zero-order valence-corrected chi connectivity index (χ0v) is 17.1. The fourth-order valence-corrected chi connectivity index (χ4v) is 4.11. The molecular formula is C22H23FN4OS. The number of aromatic nitrogens is 3. The van der Waals surface area contributed by atoms with Crippen molar-refractivity contribution in [2.75, 3.05) is 11.6 Å². The van der Waals surface area contributed by atoms with Crippen LogP contribution in [0.5, 0.6) is 0 Å². The number of carbonyl (C=O) groups is 1. The summed E-state index contributed by atoms with van der Waals surface area (Å²) in [5.74, 6) is 1.74. The van der Waals surface area contributed by atoms with Crippen LogP contribution < -0.4 is 5.32 Å². The molecule has 0 aliphatic carbocycles. The lowest BCUT2D eigenvalue weighted by molar-refractivity contribution is 0.102. The normalized spacial score (nSPS) is 13.6. The van der Waals surface area contributed by atoms with Crippen LogP contribution >= 0.6 is 11.8 Å². The second-order valence-corrected chi connectivity index (χ2v) is 8.05. The number of nitrogens with one attached hydrogen (secondary N) is 1. The number of aryl methyl sites for hydroxylation is 1. The maximum Gasteiger partial charge on any atom is 0.255 e. The number of halogens is 1. The first-order valence-corrected chi connectivity index (χ1v) is 11.2. The molecule has 5 nitrogen and oxygen atoms in total. The Bertz CT molecular complexity index is 1020. The average Bonchev–Trinajstić information content (AvgIpc) is 2.98. The van der Waals surface area contributed by atoms with Crippen LogP contribution in [0.25, 0.3) is 11.4 Å². The second kappa shape index (κ2) is 8.78. The van der Waals surface area contributed by atoms with Crippen molar-refractivity contribution in [2.45, 2.75) is 38.0 Å². The number of hydrogen-bond acceptors (Lipinski definition) is 4. The Morgan fingerprint density at radius 2 is 1.97 bits per heavy atom. The molecule has 0 unspecified atom stereocenters. The van der Waals surface area contributed by atoms with Gasteiger partial charge in [-0.25, -0.2) is 4.39 Å². The van der Waals surface area contributed by atoms with Crippen molar-refractivity contribution in [1.82, 2.24) is 14.8 Å². The quantitative estimate of drug-likeness (QED) is 0.648. The van der Waals surface area contributed by atoms with Crippen LogP contribution in [-0.2, 0) is 18.7 Å². The van der Waals surface area contributed by atoms with Crippen molar-refractivity contribution in [3.05, 3.63) is 65.2 Å². The standard InChI is InChI=1S/C22H23FN4OS/c1-29-14-15-6-8-16(9-7-15)22(28)24-17-10-11-19(23)18(13-17)21-26-25-20-5-3-2-4-12-27(20)21/h6-11,13H,2-5,12,14H2,1H3,(H,24,28). The summed E-state index contributed by atoms with van der Waals surface area (Å²) in [5.41, 5.74) is 2.63. The van der Waals surface area contributed by atoms with E-state index in [1.54, 1.807) is 23.9 Å². The lowest BCUT2D eigenvalue weighted by Crippen LogP contribution is -2.12. The van der Waals surface area contributed by atoms with Gasteiger partial charge in [0.25, 0.3) is 5.91 Å². The van der Waals surface area contributed by atoms with E-state index in [4.69, 9.17) is 0 Å². The van der Waals surface area contributed by atoms with Crippen molar-refractivity contribution in [3.63, 3.8) is 0 Å². The third-order valence-electron chi connectivity index (χ3n) is 5.10. The van der Waals surface area contributed by atoms with Crippen molar-refractivity contribution in [3.8, 4) is 11.4 Å². The maximum atomic E-state index is 14.6. The summed E-state index contributed by atoms with van der Waals surface area (Å²) in [7, 11) is 0. The lowest BCUT2D eigenvalue weighted by Gasteiger charge is -2.11. The van der Waals surface area contributed by atoms with Crippen LogP contribution in [0.4, 0.5) is 10.1 Å². The number of thioether (sulfide) groups is 1. The van der Waals surface area contributed by atoms with Gasteiger partial charge in [-0.3, -0.25) is 4.79 Å². The van der Waals surface area contributed by atoms with Gasteiger partial charge in [-0.2, -0.15) is 11.8 Å². The largest absolute Gasteiger partial charge is 0.322 e. The summed E-state index contributed by atoms with van der Waals surface area (Å²) in [5, 5.41) is 11.4. The maximum absolute atomic E-state index is 14.6. The van der Waals surface area contributed by atoms with E-state index >= 15 is 0 Å². The first-order chi connectivity index (χ1) is 14.2. The molecule has 4 rings (SSSR count). The molecule has 1 aromatic heterocycles. The smallest absolute Gasteiger partial charge is 0.255 e. The van der Waals surface area contributed by atoms with Gasteiger partial charge < -0.3 is 9.88 Å². The number of hydrogen-bond donors (Lipinski definition) is 1. The first kappa shape index (κ1) is 19.6. The lowest BCUT2D eigenvalue weighted by atomic mass is 10.1. The summed E-state index contributed by atoms with van der Waals surface area (Å²) < 4.78 is 16.6. The monoisotopic (exact) mass is 410 g/mol. The van der Waals surface area contributed by atoms with Crippen LogP contribution in [-0.4, -0.2) is 26.9 Å². The van der Waals surface area contributed by atoms with Crippen molar-refractivity contribution >= 4 is 23.4 Å². The number of benzene rings is 2. The molecule has 2 heterocycles. The molecule has 0 radical (unpaired) electrons. The number of anilines is 1. The molecule has 1 aliphatic heterocycles. The van der Waals surface area contributed by atoms with Crippen LogP contribution in [0.15, 0.2) is 42.5 Å². The van der Waals surface area contributed by atoms with Gasteiger partial charge >= 0.3 is 0 Å². The summed E-state index contributed by atoms with van der Waals surface area (Å²) in [4.78, 5) is 12.6. The Balaban J connectivity index is 1.57. The first-order valence-electron chi connectivity index (χ1n) is 9.77. The number of amides is 1. The highest BCUT2D eigenvalue weighted by atomic mass is 32.2. The third-order valence-corrected chi connectivity index (χ3v) is 5.72. The zero-order valence-electron chi connectivity index (χ0n) is 16.3. The van der Waals surface area contributed by atoms with Crippen LogP contribution in [0.3, 0.4) is 0 Å². The fourth-order valence-electron chi connectivity index (χ4n) is 3.58. The Morgan fingerprint density at radius 3 is 2.76 bits per heavy atom. The van der Waals surface area contributed by atoms with E-state index in [0.29, 0.717) is 22.6 Å². The zero-order chi connectivity index (χ0) is 20.2. The number of fused-ring (bicyclic) bond motifs is 1. The molecule has 0 spiro atoms. The Morgan fingerprint density at radius 1 is 1.14 bits per heavy atom. The van der Waals surface area contributed by atoms with Gasteiger partial charge in [-0.1, -0.05) is 18.6 Å². The van der Waals surface area contributed by atoms with Crippen molar-refractivity contribution in [2.24, 2.45) is 0 Å². The summed E-state index contributed by atoms with van der Waals surface area (Å²) >= 11 is 1.74. The van der Waals surface area contributed by atoms with Crippen molar-refractivity contribution < 1.29 is 9.18 Å². The Kier molecular flexibility index (Phi) is 5.94. The van der Waals surface area contributed by atoms with E-state index in [2.05, 4.69) is 15.5 Å². The van der Waals surface area contributed by atoms with E-state index in [1.807, 2.05) is 35.1 Å². The number of carbonyl (C=O) groups excluding carboxylic acids is 1. The van der Waals surface area contributed by atoms with Gasteiger partial charge in [0, 0.05) is 30.0 Å². The topological polar surface area (TPSA) is 59.8 Å². The molecule has 2 aromatic carbocycles. The molecule has 1 N–H and O–H groups in total. The molecule has 29 heavy (non-hydrogen) atoms. The molecule has 0 saturated carbocycles. The minimum Gasteiger partial charge on any atom is -0.322 e. The van der Waals surface area contributed by atoms with Gasteiger partial charge in [0.15, 0.2) is 5.82 Å². The van der Waals surface area contributed by atoms with Crippen LogP contribution in [0.2, 0.25) is 0 Å². The molecule has 150 valence electrons. The second-order valence-electron chi connectivity index (χ2n) is 7.18. The van der Waals surface area contributed by atoms with Crippen LogP contribution in [0.1, 0.15) is 41.0 Å². The van der Waals surface area contributed by atoms with Gasteiger partial charge in [-0.15, -0.1) is 10.2 Å². The summed E-state index contributed by atoms with van der Waals surface area (Å²) in [6.45, 7) is 0.788. The Labute approximate surface area is 173 Å². The van der Waals surface area contributed by atoms with Gasteiger partial charge in [-0.05, 0) is 55.0 Å². The van der Waals surface area contributed by atoms with E-state index in [1.165, 1.54) is 11.6 Å². The minimum atomic E-state index is -0.371. The highest BCUT2D eigenvalue weighted by Crippen LogP contribution is 2.27. The SMILES string of the molecule is CSCc1ccc(C(=O)Nc2ccc(F)c(-c3nnc4n3CCCCC4)c2)cc1. The summed E-state index contributed by atoms with van der Waals surface area (Å²) in [6, 6.07) is 12.1. The van der Waals surface area contributed by atoms with Gasteiger partial charge in [0.05, 0.1) is 5.56 Å². The average molecular weight is 411 g/mol. The molecule has 0 bridgehead atoms. The molecule has 1 aliphatic rings. The van der Waals surface area contributed by atoms with E-state index in [-0.39, 0.29) is 11.7 Å². The van der Waals surface area contributed by atoms with Gasteiger partial charge in [0.2, 0.25) is 0 Å². The van der Waals surface area contributed by atoms with E-state index in [9.17, 15) is 9.18 Å².